The zero-order chi connectivity index (χ0) is 17.5. The molecule has 0 aromatic heterocycles. The van der Waals surface area contributed by atoms with E-state index < -0.39 is 0 Å². The normalized spacial score (nSPS) is 12.0. The number of para-hydroxylation sites is 1. The molecule has 2 rings (SSSR count). The highest BCUT2D eigenvalue weighted by Crippen LogP contribution is 2.20. The molecule has 0 aliphatic carbocycles. The molecule has 0 heterocycles. The van der Waals surface area contributed by atoms with E-state index in [1.54, 1.807) is 0 Å². The fraction of sp³-hybridized carbons (Fsp3) is 0.381. The Labute approximate surface area is 145 Å². The van der Waals surface area contributed by atoms with Crippen LogP contribution in [0.3, 0.4) is 0 Å². The SMILES string of the molecule is CCc1ccc(C[NH+](C)CC(=O)Nc2c(C)cccc2CC)cc1. The first-order valence-corrected chi connectivity index (χ1v) is 8.81. The summed E-state index contributed by atoms with van der Waals surface area (Å²) in [5.41, 5.74) is 5.90. The minimum atomic E-state index is 0.0710. The molecule has 0 saturated heterocycles. The number of hydrogen-bond acceptors (Lipinski definition) is 1. The predicted molar refractivity (Wildman–Crippen MR) is 100 cm³/mol. The van der Waals surface area contributed by atoms with E-state index in [2.05, 4.69) is 56.5 Å². The molecule has 3 heteroatoms. The second kappa shape index (κ2) is 8.65. The molecule has 0 spiro atoms. The lowest BCUT2D eigenvalue weighted by atomic mass is 10.1. The van der Waals surface area contributed by atoms with Crippen molar-refractivity contribution >= 4 is 11.6 Å². The van der Waals surface area contributed by atoms with Gasteiger partial charge >= 0.3 is 0 Å². The quantitative estimate of drug-likeness (QED) is 0.806. The topological polar surface area (TPSA) is 33.5 Å². The van der Waals surface area contributed by atoms with Gasteiger partial charge in [0.2, 0.25) is 0 Å². The van der Waals surface area contributed by atoms with Gasteiger partial charge in [-0.3, -0.25) is 4.79 Å². The van der Waals surface area contributed by atoms with Gasteiger partial charge in [-0.25, -0.2) is 0 Å². The Morgan fingerprint density at radius 3 is 2.29 bits per heavy atom. The molecular weight excluding hydrogens is 296 g/mol. The van der Waals surface area contributed by atoms with E-state index in [4.69, 9.17) is 0 Å². The lowest BCUT2D eigenvalue weighted by molar-refractivity contribution is -0.885. The van der Waals surface area contributed by atoms with Gasteiger partial charge in [-0.2, -0.15) is 0 Å². The number of anilines is 1. The summed E-state index contributed by atoms with van der Waals surface area (Å²) in [7, 11) is 2.06. The van der Waals surface area contributed by atoms with E-state index in [0.717, 1.165) is 30.6 Å². The van der Waals surface area contributed by atoms with Gasteiger partial charge in [0.15, 0.2) is 6.54 Å². The Kier molecular flexibility index (Phi) is 6.56. The molecule has 2 aromatic carbocycles. The molecule has 3 nitrogen and oxygen atoms in total. The van der Waals surface area contributed by atoms with Crippen LogP contribution in [0.1, 0.15) is 36.1 Å². The zero-order valence-electron chi connectivity index (χ0n) is 15.3. The molecular formula is C21H29N2O+. The molecule has 0 aliphatic heterocycles. The van der Waals surface area contributed by atoms with Crippen molar-refractivity contribution in [2.75, 3.05) is 18.9 Å². The molecule has 0 fully saturated rings. The summed E-state index contributed by atoms with van der Waals surface area (Å²) < 4.78 is 0. The summed E-state index contributed by atoms with van der Waals surface area (Å²) in [5.74, 6) is 0.0710. The Hall–Kier alpha value is -2.13. The number of likely N-dealkylation sites (N-methyl/N-ethyl adjacent to an activating group) is 1. The summed E-state index contributed by atoms with van der Waals surface area (Å²) in [6, 6.07) is 14.8. The highest BCUT2D eigenvalue weighted by molar-refractivity contribution is 5.93. The summed E-state index contributed by atoms with van der Waals surface area (Å²) in [6.45, 7) is 7.63. The van der Waals surface area contributed by atoms with Crippen LogP contribution in [0.2, 0.25) is 0 Å². The molecule has 1 amide bonds. The van der Waals surface area contributed by atoms with Crippen molar-refractivity contribution in [3.05, 3.63) is 64.7 Å². The third-order valence-electron chi connectivity index (χ3n) is 4.40. The molecule has 0 saturated carbocycles. The van der Waals surface area contributed by atoms with Crippen LogP contribution in [0.15, 0.2) is 42.5 Å². The lowest BCUT2D eigenvalue weighted by Gasteiger charge is -2.16. The molecule has 1 unspecified atom stereocenters. The standard InChI is InChI=1S/C21H28N2O/c1-5-17-10-12-18(13-11-17)14-23(4)15-20(24)22-21-16(3)8-7-9-19(21)6-2/h7-13H,5-6,14-15H2,1-4H3,(H,22,24)/p+1. The highest BCUT2D eigenvalue weighted by atomic mass is 16.2. The number of amides is 1. The third kappa shape index (κ3) is 4.93. The van der Waals surface area contributed by atoms with Crippen LogP contribution in [0.25, 0.3) is 0 Å². The summed E-state index contributed by atoms with van der Waals surface area (Å²) in [5, 5.41) is 3.10. The number of carbonyl (C=O) groups is 1. The largest absolute Gasteiger partial charge is 0.326 e. The van der Waals surface area contributed by atoms with Gasteiger partial charge < -0.3 is 10.2 Å². The number of nitrogens with one attached hydrogen (secondary N) is 2. The minimum absolute atomic E-state index is 0.0710. The van der Waals surface area contributed by atoms with Crippen LogP contribution in [-0.4, -0.2) is 19.5 Å². The molecule has 128 valence electrons. The van der Waals surface area contributed by atoms with Crippen molar-refractivity contribution in [2.45, 2.75) is 40.2 Å². The van der Waals surface area contributed by atoms with Crippen molar-refractivity contribution < 1.29 is 9.69 Å². The van der Waals surface area contributed by atoms with Crippen molar-refractivity contribution in [3.8, 4) is 0 Å². The highest BCUT2D eigenvalue weighted by Gasteiger charge is 2.13. The van der Waals surface area contributed by atoms with Crippen molar-refractivity contribution in [1.82, 2.24) is 0 Å². The van der Waals surface area contributed by atoms with Crippen LogP contribution in [0, 0.1) is 6.92 Å². The Bertz CT molecular complexity index is 677. The fourth-order valence-corrected chi connectivity index (χ4v) is 2.96. The second-order valence-corrected chi connectivity index (χ2v) is 6.49. The number of hydrogen-bond donors (Lipinski definition) is 2. The smallest absolute Gasteiger partial charge is 0.279 e. The predicted octanol–water partition coefficient (Wildman–Crippen LogP) is 2.77. The van der Waals surface area contributed by atoms with Crippen LogP contribution in [0.5, 0.6) is 0 Å². The van der Waals surface area contributed by atoms with Crippen molar-refractivity contribution in [1.29, 1.82) is 0 Å². The molecule has 2 N–H and O–H groups in total. The monoisotopic (exact) mass is 325 g/mol. The third-order valence-corrected chi connectivity index (χ3v) is 4.40. The summed E-state index contributed by atoms with van der Waals surface area (Å²) in [6.07, 6.45) is 1.98. The van der Waals surface area contributed by atoms with Gasteiger partial charge in [0.05, 0.1) is 7.05 Å². The van der Waals surface area contributed by atoms with E-state index in [-0.39, 0.29) is 5.91 Å². The summed E-state index contributed by atoms with van der Waals surface area (Å²) >= 11 is 0. The Morgan fingerprint density at radius 1 is 1.00 bits per heavy atom. The van der Waals surface area contributed by atoms with Crippen LogP contribution in [-0.2, 0) is 24.2 Å². The number of rotatable bonds is 7. The minimum Gasteiger partial charge on any atom is -0.326 e. The van der Waals surface area contributed by atoms with Gasteiger partial charge in [-0.15, -0.1) is 0 Å². The molecule has 0 aliphatic rings. The average Bonchev–Trinajstić information content (AvgIpc) is 2.57. The van der Waals surface area contributed by atoms with E-state index in [9.17, 15) is 4.79 Å². The average molecular weight is 325 g/mol. The van der Waals surface area contributed by atoms with Gasteiger partial charge in [0.25, 0.3) is 5.91 Å². The van der Waals surface area contributed by atoms with E-state index >= 15 is 0 Å². The number of quaternary nitrogens is 1. The Morgan fingerprint density at radius 2 is 1.67 bits per heavy atom. The van der Waals surface area contributed by atoms with Crippen molar-refractivity contribution in [3.63, 3.8) is 0 Å². The maximum Gasteiger partial charge on any atom is 0.279 e. The van der Waals surface area contributed by atoms with Crippen LogP contribution < -0.4 is 10.2 Å². The first kappa shape index (κ1) is 18.2. The zero-order valence-corrected chi connectivity index (χ0v) is 15.3. The molecule has 24 heavy (non-hydrogen) atoms. The number of carbonyl (C=O) groups excluding carboxylic acids is 1. The number of benzene rings is 2. The van der Waals surface area contributed by atoms with E-state index in [0.29, 0.717) is 6.54 Å². The number of aryl methyl sites for hydroxylation is 3. The van der Waals surface area contributed by atoms with Crippen molar-refractivity contribution in [2.24, 2.45) is 0 Å². The van der Waals surface area contributed by atoms with Gasteiger partial charge in [0.1, 0.15) is 6.54 Å². The van der Waals surface area contributed by atoms with Crippen LogP contribution in [0.4, 0.5) is 5.69 Å². The molecule has 0 bridgehead atoms. The van der Waals surface area contributed by atoms with Gasteiger partial charge in [-0.05, 0) is 36.5 Å². The maximum absolute atomic E-state index is 12.4. The fourth-order valence-electron chi connectivity index (χ4n) is 2.96. The first-order chi connectivity index (χ1) is 11.5. The van der Waals surface area contributed by atoms with Gasteiger partial charge in [0, 0.05) is 11.3 Å². The molecule has 2 aromatic rings. The van der Waals surface area contributed by atoms with E-state index in [1.807, 2.05) is 19.1 Å². The first-order valence-electron chi connectivity index (χ1n) is 8.81. The van der Waals surface area contributed by atoms with E-state index in [1.165, 1.54) is 21.6 Å². The van der Waals surface area contributed by atoms with Gasteiger partial charge in [-0.1, -0.05) is 56.3 Å². The lowest BCUT2D eigenvalue weighted by Crippen LogP contribution is -3.08. The summed E-state index contributed by atoms with van der Waals surface area (Å²) in [4.78, 5) is 13.6. The Balaban J connectivity index is 1.94. The second-order valence-electron chi connectivity index (χ2n) is 6.49. The molecule has 0 radical (unpaired) electrons. The van der Waals surface area contributed by atoms with Crippen LogP contribution >= 0.6 is 0 Å². The molecule has 1 atom stereocenters. The maximum atomic E-state index is 12.4.